The number of anilines is 3. The van der Waals surface area contributed by atoms with Crippen molar-refractivity contribution in [1.29, 1.82) is 0 Å². The Kier molecular flexibility index (Phi) is 5.81. The third-order valence-corrected chi connectivity index (χ3v) is 3.35. The first kappa shape index (κ1) is 18.5. The molecule has 0 radical (unpaired) electrons. The largest absolute Gasteiger partial charge is 0.382 e. The zero-order chi connectivity index (χ0) is 18.6. The van der Waals surface area contributed by atoms with Gasteiger partial charge in [0.1, 0.15) is 5.82 Å². The molecule has 0 bridgehead atoms. The molecule has 7 nitrogen and oxygen atoms in total. The molecule has 0 saturated carbocycles. The van der Waals surface area contributed by atoms with Crippen LogP contribution in [0.4, 0.5) is 26.0 Å². The molecule has 0 saturated heterocycles. The molecule has 0 aromatic carbocycles. The normalized spacial score (nSPS) is 12.1. The van der Waals surface area contributed by atoms with Crippen LogP contribution in [0.2, 0.25) is 0 Å². The molecule has 2 aromatic heterocycles. The number of rotatable bonds is 7. The van der Waals surface area contributed by atoms with Crippen LogP contribution in [-0.2, 0) is 0 Å². The van der Waals surface area contributed by atoms with E-state index < -0.39 is 18.4 Å². The van der Waals surface area contributed by atoms with Crippen molar-refractivity contribution in [2.75, 3.05) is 17.2 Å². The SMILES string of the molecule is Cc1cc(C)nc(Nc2cc(NCC(N)C(F)F)cnc2C(N)=O)c1. The molecule has 1 unspecified atom stereocenters. The van der Waals surface area contributed by atoms with Gasteiger partial charge in [0.2, 0.25) is 0 Å². The van der Waals surface area contributed by atoms with Crippen LogP contribution in [-0.4, -0.2) is 34.9 Å². The molecule has 0 aliphatic carbocycles. The van der Waals surface area contributed by atoms with Gasteiger partial charge in [-0.1, -0.05) is 0 Å². The fraction of sp³-hybridized carbons (Fsp3) is 0.312. The summed E-state index contributed by atoms with van der Waals surface area (Å²) >= 11 is 0. The maximum Gasteiger partial charge on any atom is 0.269 e. The zero-order valence-corrected chi connectivity index (χ0v) is 13.9. The summed E-state index contributed by atoms with van der Waals surface area (Å²) in [4.78, 5) is 19.9. The average molecular weight is 350 g/mol. The number of alkyl halides is 2. The van der Waals surface area contributed by atoms with E-state index in [1.807, 2.05) is 19.9 Å². The highest BCUT2D eigenvalue weighted by atomic mass is 19.3. The van der Waals surface area contributed by atoms with E-state index in [0.29, 0.717) is 17.2 Å². The highest BCUT2D eigenvalue weighted by Crippen LogP contribution is 2.23. The first-order valence-electron chi connectivity index (χ1n) is 7.56. The van der Waals surface area contributed by atoms with Gasteiger partial charge in [-0.05, 0) is 37.6 Å². The van der Waals surface area contributed by atoms with Crippen LogP contribution >= 0.6 is 0 Å². The fourth-order valence-electron chi connectivity index (χ4n) is 2.22. The predicted octanol–water partition coefficient (Wildman–Crippen LogP) is 1.94. The summed E-state index contributed by atoms with van der Waals surface area (Å²) in [6.07, 6.45) is -1.30. The average Bonchev–Trinajstić information content (AvgIpc) is 2.51. The molecule has 9 heteroatoms. The predicted molar refractivity (Wildman–Crippen MR) is 92.2 cm³/mol. The zero-order valence-electron chi connectivity index (χ0n) is 13.9. The molecule has 6 N–H and O–H groups in total. The van der Waals surface area contributed by atoms with Crippen molar-refractivity contribution < 1.29 is 13.6 Å². The van der Waals surface area contributed by atoms with Crippen LogP contribution < -0.4 is 22.1 Å². The molecule has 0 aliphatic heterocycles. The summed E-state index contributed by atoms with van der Waals surface area (Å²) < 4.78 is 25.0. The quantitative estimate of drug-likeness (QED) is 0.606. The van der Waals surface area contributed by atoms with Gasteiger partial charge in [-0.2, -0.15) is 0 Å². The number of carbonyl (C=O) groups excluding carboxylic acids is 1. The lowest BCUT2D eigenvalue weighted by molar-refractivity contribution is 0.0996. The Hall–Kier alpha value is -2.81. The first-order chi connectivity index (χ1) is 11.8. The summed E-state index contributed by atoms with van der Waals surface area (Å²) in [6.45, 7) is 3.61. The van der Waals surface area contributed by atoms with Crippen molar-refractivity contribution in [3.8, 4) is 0 Å². The lowest BCUT2D eigenvalue weighted by Crippen LogP contribution is -2.35. The number of amides is 1. The van der Waals surface area contributed by atoms with E-state index in [1.165, 1.54) is 6.20 Å². The van der Waals surface area contributed by atoms with Crippen molar-refractivity contribution in [1.82, 2.24) is 9.97 Å². The molecular formula is C16H20F2N6O. The van der Waals surface area contributed by atoms with Gasteiger partial charge < -0.3 is 22.1 Å². The molecule has 2 heterocycles. The van der Waals surface area contributed by atoms with Gasteiger partial charge in [0.15, 0.2) is 5.69 Å². The number of nitrogens with one attached hydrogen (secondary N) is 2. The Bertz CT molecular complexity index is 748. The minimum Gasteiger partial charge on any atom is -0.382 e. The number of nitrogens with zero attached hydrogens (tertiary/aromatic N) is 2. The van der Waals surface area contributed by atoms with Crippen LogP contribution in [0.3, 0.4) is 0 Å². The number of hydrogen-bond acceptors (Lipinski definition) is 6. The van der Waals surface area contributed by atoms with Crippen LogP contribution in [0.5, 0.6) is 0 Å². The number of halogens is 2. The highest BCUT2D eigenvalue weighted by Gasteiger charge is 2.16. The molecule has 2 rings (SSSR count). The van der Waals surface area contributed by atoms with Crippen LogP contribution in [0.15, 0.2) is 24.4 Å². The van der Waals surface area contributed by atoms with Crippen molar-refractivity contribution in [2.45, 2.75) is 26.3 Å². The standard InChI is InChI=1S/C16H20F2N6O/c1-8-3-9(2)23-13(4-8)24-12-5-10(6-22-14(12)16(20)25)21-7-11(19)15(17)18/h3-6,11,15,21H,7,19H2,1-2H3,(H2,20,25)(H,23,24). The summed E-state index contributed by atoms with van der Waals surface area (Å²) in [6, 6.07) is 3.94. The van der Waals surface area contributed by atoms with E-state index in [2.05, 4.69) is 20.6 Å². The molecule has 1 amide bonds. The number of aromatic nitrogens is 2. The van der Waals surface area contributed by atoms with E-state index in [4.69, 9.17) is 11.5 Å². The maximum absolute atomic E-state index is 12.5. The maximum atomic E-state index is 12.5. The second-order valence-electron chi connectivity index (χ2n) is 5.66. The molecule has 0 spiro atoms. The summed E-state index contributed by atoms with van der Waals surface area (Å²) in [5.41, 5.74) is 13.2. The van der Waals surface area contributed by atoms with Crippen molar-refractivity contribution in [2.24, 2.45) is 11.5 Å². The second kappa shape index (κ2) is 7.84. The van der Waals surface area contributed by atoms with Gasteiger partial charge in [-0.25, -0.2) is 18.7 Å². The third-order valence-electron chi connectivity index (χ3n) is 3.35. The van der Waals surface area contributed by atoms with Gasteiger partial charge >= 0.3 is 0 Å². The van der Waals surface area contributed by atoms with Crippen LogP contribution in [0.1, 0.15) is 21.7 Å². The Balaban J connectivity index is 2.27. The Morgan fingerprint density at radius 1 is 1.28 bits per heavy atom. The highest BCUT2D eigenvalue weighted by molar-refractivity contribution is 5.97. The Labute approximate surface area is 143 Å². The molecule has 0 fully saturated rings. The second-order valence-corrected chi connectivity index (χ2v) is 5.66. The fourth-order valence-corrected chi connectivity index (χ4v) is 2.22. The lowest BCUT2D eigenvalue weighted by atomic mass is 10.2. The van der Waals surface area contributed by atoms with Crippen LogP contribution in [0, 0.1) is 13.8 Å². The van der Waals surface area contributed by atoms with Gasteiger partial charge in [0, 0.05) is 12.2 Å². The molecule has 25 heavy (non-hydrogen) atoms. The first-order valence-corrected chi connectivity index (χ1v) is 7.56. The Morgan fingerprint density at radius 3 is 2.60 bits per heavy atom. The van der Waals surface area contributed by atoms with Gasteiger partial charge in [-0.3, -0.25) is 4.79 Å². The number of pyridine rings is 2. The van der Waals surface area contributed by atoms with Crippen molar-refractivity contribution in [3.05, 3.63) is 41.3 Å². The van der Waals surface area contributed by atoms with E-state index in [1.54, 1.807) is 12.1 Å². The third kappa shape index (κ3) is 5.08. The lowest BCUT2D eigenvalue weighted by Gasteiger charge is -2.15. The van der Waals surface area contributed by atoms with Crippen molar-refractivity contribution in [3.63, 3.8) is 0 Å². The number of carbonyl (C=O) groups is 1. The number of primary amides is 1. The number of hydrogen-bond donors (Lipinski definition) is 4. The summed E-state index contributed by atoms with van der Waals surface area (Å²) in [5, 5.41) is 5.75. The minimum atomic E-state index is -2.64. The summed E-state index contributed by atoms with van der Waals surface area (Å²) in [7, 11) is 0. The monoisotopic (exact) mass is 350 g/mol. The topological polar surface area (TPSA) is 119 Å². The van der Waals surface area contributed by atoms with Crippen molar-refractivity contribution >= 4 is 23.1 Å². The molecular weight excluding hydrogens is 330 g/mol. The molecule has 2 aromatic rings. The van der Waals surface area contributed by atoms with E-state index in [-0.39, 0.29) is 12.2 Å². The van der Waals surface area contributed by atoms with Gasteiger partial charge in [0.05, 0.1) is 23.6 Å². The smallest absolute Gasteiger partial charge is 0.269 e. The van der Waals surface area contributed by atoms with E-state index in [0.717, 1.165) is 11.3 Å². The molecule has 1 atom stereocenters. The van der Waals surface area contributed by atoms with E-state index >= 15 is 0 Å². The van der Waals surface area contributed by atoms with Gasteiger partial charge in [0.25, 0.3) is 12.3 Å². The minimum absolute atomic E-state index is 0.0182. The van der Waals surface area contributed by atoms with E-state index in [9.17, 15) is 13.6 Å². The number of nitrogens with two attached hydrogens (primary N) is 2. The summed E-state index contributed by atoms with van der Waals surface area (Å²) in [5.74, 6) is -0.203. The molecule has 0 aliphatic rings. The number of aryl methyl sites for hydroxylation is 2. The van der Waals surface area contributed by atoms with Gasteiger partial charge in [-0.15, -0.1) is 0 Å². The molecule has 134 valence electrons. The van der Waals surface area contributed by atoms with Crippen LogP contribution in [0.25, 0.3) is 0 Å². The Morgan fingerprint density at radius 2 is 2.00 bits per heavy atom.